The van der Waals surface area contributed by atoms with Crippen LogP contribution < -0.4 is 0 Å². The Morgan fingerprint density at radius 3 is 2.10 bits per heavy atom. The van der Waals surface area contributed by atoms with Crippen LogP contribution in [0, 0.1) is 13.8 Å². The molecular formula is C19H24O. The van der Waals surface area contributed by atoms with E-state index in [-0.39, 0.29) is 5.41 Å². The minimum atomic E-state index is -0.565. The van der Waals surface area contributed by atoms with E-state index in [1.54, 1.807) is 0 Å². The molecule has 0 aromatic heterocycles. The monoisotopic (exact) mass is 268 g/mol. The van der Waals surface area contributed by atoms with Crippen molar-refractivity contribution in [1.29, 1.82) is 0 Å². The maximum Gasteiger partial charge on any atom is 0.105 e. The summed E-state index contributed by atoms with van der Waals surface area (Å²) in [5.41, 5.74) is 5.62. The topological polar surface area (TPSA) is 20.2 Å². The second-order valence-corrected chi connectivity index (χ2v) is 6.53. The predicted molar refractivity (Wildman–Crippen MR) is 85.1 cm³/mol. The number of benzene rings is 2. The molecular weight excluding hydrogens is 244 g/mol. The Morgan fingerprint density at radius 1 is 0.850 bits per heavy atom. The number of aliphatic hydroxyl groups excluding tert-OH is 1. The van der Waals surface area contributed by atoms with Gasteiger partial charge in [-0.15, -0.1) is 0 Å². The highest BCUT2D eigenvalue weighted by molar-refractivity contribution is 5.43. The lowest BCUT2D eigenvalue weighted by Gasteiger charge is -2.26. The standard InChI is InChI=1S/C19H24O/c1-13-9-8-11-15(14(13)2)18(20)16-10-6-7-12-17(16)19(3,4)5/h6-12,18,20H,1-5H3. The van der Waals surface area contributed by atoms with E-state index in [4.69, 9.17) is 0 Å². The van der Waals surface area contributed by atoms with Gasteiger partial charge in [0.2, 0.25) is 0 Å². The Balaban J connectivity index is 2.55. The zero-order valence-electron chi connectivity index (χ0n) is 13.1. The molecule has 0 aliphatic carbocycles. The summed E-state index contributed by atoms with van der Waals surface area (Å²) in [5, 5.41) is 10.8. The largest absolute Gasteiger partial charge is 0.384 e. The third kappa shape index (κ3) is 2.78. The van der Waals surface area contributed by atoms with Crippen LogP contribution >= 0.6 is 0 Å². The molecule has 0 radical (unpaired) electrons. The van der Waals surface area contributed by atoms with Gasteiger partial charge in [0, 0.05) is 0 Å². The average molecular weight is 268 g/mol. The van der Waals surface area contributed by atoms with Crippen LogP contribution in [-0.2, 0) is 5.41 Å². The smallest absolute Gasteiger partial charge is 0.105 e. The summed E-state index contributed by atoms with van der Waals surface area (Å²) in [6.07, 6.45) is -0.565. The van der Waals surface area contributed by atoms with Crippen LogP contribution in [-0.4, -0.2) is 5.11 Å². The van der Waals surface area contributed by atoms with E-state index in [0.717, 1.165) is 11.1 Å². The Hall–Kier alpha value is -1.60. The molecule has 2 rings (SSSR count). The fraction of sp³-hybridized carbons (Fsp3) is 0.368. The first kappa shape index (κ1) is 14.8. The van der Waals surface area contributed by atoms with Crippen molar-refractivity contribution in [3.05, 3.63) is 70.3 Å². The van der Waals surface area contributed by atoms with Crippen LogP contribution in [0.15, 0.2) is 42.5 Å². The van der Waals surface area contributed by atoms with Crippen LogP contribution in [0.3, 0.4) is 0 Å². The first-order valence-corrected chi connectivity index (χ1v) is 7.16. The van der Waals surface area contributed by atoms with E-state index in [1.807, 2.05) is 30.3 Å². The van der Waals surface area contributed by atoms with Gasteiger partial charge in [0.1, 0.15) is 6.10 Å². The summed E-state index contributed by atoms with van der Waals surface area (Å²) < 4.78 is 0. The SMILES string of the molecule is Cc1cccc(C(O)c2ccccc2C(C)(C)C)c1C. The van der Waals surface area contributed by atoms with Crippen molar-refractivity contribution in [3.63, 3.8) is 0 Å². The Kier molecular flexibility index (Phi) is 4.01. The molecule has 0 heterocycles. The molecule has 0 amide bonds. The van der Waals surface area contributed by atoms with Gasteiger partial charge >= 0.3 is 0 Å². The number of aliphatic hydroxyl groups is 1. The zero-order chi connectivity index (χ0) is 14.9. The van der Waals surface area contributed by atoms with Gasteiger partial charge in [0.25, 0.3) is 0 Å². The molecule has 0 spiro atoms. The third-order valence-corrected chi connectivity index (χ3v) is 4.00. The van der Waals surface area contributed by atoms with Gasteiger partial charge in [-0.3, -0.25) is 0 Å². The number of aryl methyl sites for hydroxylation is 1. The number of rotatable bonds is 2. The van der Waals surface area contributed by atoms with Crippen LogP contribution in [0.2, 0.25) is 0 Å². The fourth-order valence-corrected chi connectivity index (χ4v) is 2.66. The Labute approximate surface area is 122 Å². The van der Waals surface area contributed by atoms with Crippen molar-refractivity contribution in [2.75, 3.05) is 0 Å². The molecule has 0 bridgehead atoms. The molecule has 20 heavy (non-hydrogen) atoms. The highest BCUT2D eigenvalue weighted by Gasteiger charge is 2.23. The first-order chi connectivity index (χ1) is 9.32. The van der Waals surface area contributed by atoms with Gasteiger partial charge in [0.15, 0.2) is 0 Å². The molecule has 2 aromatic rings. The molecule has 0 saturated heterocycles. The molecule has 2 aromatic carbocycles. The minimum Gasteiger partial charge on any atom is -0.384 e. The summed E-state index contributed by atoms with van der Waals surface area (Å²) in [5.74, 6) is 0. The maximum absolute atomic E-state index is 10.8. The summed E-state index contributed by atoms with van der Waals surface area (Å²) in [4.78, 5) is 0. The van der Waals surface area contributed by atoms with Crippen molar-refractivity contribution >= 4 is 0 Å². The predicted octanol–water partition coefficient (Wildman–Crippen LogP) is 4.68. The van der Waals surface area contributed by atoms with E-state index >= 15 is 0 Å². The van der Waals surface area contributed by atoms with Crippen LogP contribution in [0.1, 0.15) is 54.7 Å². The van der Waals surface area contributed by atoms with Gasteiger partial charge < -0.3 is 5.11 Å². The second-order valence-electron chi connectivity index (χ2n) is 6.53. The summed E-state index contributed by atoms with van der Waals surface area (Å²) >= 11 is 0. The fourth-order valence-electron chi connectivity index (χ4n) is 2.66. The Morgan fingerprint density at radius 2 is 1.45 bits per heavy atom. The highest BCUT2D eigenvalue weighted by atomic mass is 16.3. The molecule has 106 valence electrons. The highest BCUT2D eigenvalue weighted by Crippen LogP contribution is 2.34. The summed E-state index contributed by atoms with van der Waals surface area (Å²) in [7, 11) is 0. The molecule has 1 unspecified atom stereocenters. The third-order valence-electron chi connectivity index (χ3n) is 4.00. The first-order valence-electron chi connectivity index (χ1n) is 7.16. The Bertz CT molecular complexity index is 605. The quantitative estimate of drug-likeness (QED) is 0.838. The molecule has 1 heteroatoms. The lowest BCUT2D eigenvalue weighted by molar-refractivity contribution is 0.216. The average Bonchev–Trinajstić information content (AvgIpc) is 2.40. The van der Waals surface area contributed by atoms with E-state index < -0.39 is 6.10 Å². The summed E-state index contributed by atoms with van der Waals surface area (Å²) in [6.45, 7) is 10.7. The van der Waals surface area contributed by atoms with Crippen molar-refractivity contribution in [2.24, 2.45) is 0 Å². The van der Waals surface area contributed by atoms with Crippen molar-refractivity contribution in [3.8, 4) is 0 Å². The van der Waals surface area contributed by atoms with E-state index in [2.05, 4.69) is 46.8 Å². The maximum atomic E-state index is 10.8. The summed E-state index contributed by atoms with van der Waals surface area (Å²) in [6, 6.07) is 14.3. The van der Waals surface area contributed by atoms with Crippen LogP contribution in [0.25, 0.3) is 0 Å². The van der Waals surface area contributed by atoms with Crippen molar-refractivity contribution in [2.45, 2.75) is 46.1 Å². The molecule has 1 nitrogen and oxygen atoms in total. The minimum absolute atomic E-state index is 0.0231. The van der Waals surface area contributed by atoms with Gasteiger partial charge in [-0.05, 0) is 47.1 Å². The van der Waals surface area contributed by atoms with Crippen LogP contribution in [0.4, 0.5) is 0 Å². The normalized spacial score (nSPS) is 13.3. The van der Waals surface area contributed by atoms with Gasteiger partial charge in [-0.2, -0.15) is 0 Å². The molecule has 0 aliphatic rings. The number of hydrogen-bond donors (Lipinski definition) is 1. The molecule has 0 aliphatic heterocycles. The van der Waals surface area contributed by atoms with Crippen molar-refractivity contribution < 1.29 is 5.11 Å². The number of hydrogen-bond acceptors (Lipinski definition) is 1. The lowest BCUT2D eigenvalue weighted by atomic mass is 9.80. The van der Waals surface area contributed by atoms with Gasteiger partial charge in [0.05, 0.1) is 0 Å². The lowest BCUT2D eigenvalue weighted by Crippen LogP contribution is -2.17. The second kappa shape index (κ2) is 5.41. The molecule has 0 fully saturated rings. The van der Waals surface area contributed by atoms with Crippen molar-refractivity contribution in [1.82, 2.24) is 0 Å². The molecule has 0 saturated carbocycles. The van der Waals surface area contributed by atoms with E-state index in [0.29, 0.717) is 0 Å². The van der Waals surface area contributed by atoms with Crippen LogP contribution in [0.5, 0.6) is 0 Å². The molecule has 1 atom stereocenters. The molecule has 1 N–H and O–H groups in total. The van der Waals surface area contributed by atoms with Gasteiger partial charge in [-0.25, -0.2) is 0 Å². The van der Waals surface area contributed by atoms with Gasteiger partial charge in [-0.1, -0.05) is 63.2 Å². The zero-order valence-corrected chi connectivity index (χ0v) is 13.1. The van der Waals surface area contributed by atoms with E-state index in [1.165, 1.54) is 16.7 Å². The van der Waals surface area contributed by atoms with E-state index in [9.17, 15) is 5.11 Å².